The van der Waals surface area contributed by atoms with E-state index in [1.165, 1.54) is 6.07 Å². The zero-order valence-corrected chi connectivity index (χ0v) is 16.7. The van der Waals surface area contributed by atoms with E-state index in [1.54, 1.807) is 30.3 Å². The molecule has 0 aliphatic rings. The quantitative estimate of drug-likeness (QED) is 0.233. The number of carbonyl (C=O) groups is 2. The van der Waals surface area contributed by atoms with Gasteiger partial charge in [-0.1, -0.05) is 23.4 Å². The summed E-state index contributed by atoms with van der Waals surface area (Å²) >= 11 is 0. The molecule has 0 fully saturated rings. The first kappa shape index (κ1) is 21.4. The van der Waals surface area contributed by atoms with Gasteiger partial charge in [0, 0.05) is 5.56 Å². The number of para-hydroxylation sites is 1. The minimum atomic E-state index is -0.800. The highest BCUT2D eigenvalue weighted by Gasteiger charge is 2.14. The first-order chi connectivity index (χ1) is 14.9. The molecule has 0 spiro atoms. The third-order valence-electron chi connectivity index (χ3n) is 4.08. The average molecular weight is 423 g/mol. The van der Waals surface area contributed by atoms with Gasteiger partial charge in [0.05, 0.1) is 0 Å². The number of aryl methyl sites for hydroxylation is 1. The van der Waals surface area contributed by atoms with E-state index in [4.69, 9.17) is 30.2 Å². The van der Waals surface area contributed by atoms with Crippen LogP contribution in [-0.2, 0) is 16.2 Å². The maximum absolute atomic E-state index is 12.1. The fourth-order valence-corrected chi connectivity index (χ4v) is 2.50. The smallest absolute Gasteiger partial charge is 0.400 e. The van der Waals surface area contributed by atoms with Gasteiger partial charge in [-0.3, -0.25) is 4.79 Å². The summed E-state index contributed by atoms with van der Waals surface area (Å²) in [4.78, 5) is 27.7. The first-order valence-corrected chi connectivity index (χ1v) is 9.26. The molecule has 1 amide bonds. The fraction of sp³-hybridized carbons (Fsp3) is 0.136. The van der Waals surface area contributed by atoms with Crippen molar-refractivity contribution in [2.24, 2.45) is 16.6 Å². The van der Waals surface area contributed by atoms with Crippen molar-refractivity contribution in [2.75, 3.05) is 6.61 Å². The number of furan rings is 1. The Hall–Kier alpha value is -4.27. The van der Waals surface area contributed by atoms with Crippen LogP contribution in [0.15, 0.2) is 70.2 Å². The van der Waals surface area contributed by atoms with E-state index in [1.807, 2.05) is 31.2 Å². The number of rotatable bonds is 9. The Morgan fingerprint density at radius 3 is 2.42 bits per heavy atom. The Bertz CT molecular complexity index is 1090. The van der Waals surface area contributed by atoms with Crippen LogP contribution in [-0.4, -0.2) is 24.3 Å². The van der Waals surface area contributed by atoms with E-state index >= 15 is 0 Å². The van der Waals surface area contributed by atoms with E-state index in [2.05, 4.69) is 5.16 Å². The molecule has 0 aliphatic heterocycles. The second kappa shape index (κ2) is 9.97. The van der Waals surface area contributed by atoms with Gasteiger partial charge in [-0.05, 0) is 55.0 Å². The van der Waals surface area contributed by atoms with Crippen molar-refractivity contribution in [1.82, 2.24) is 0 Å². The largest absolute Gasteiger partial charge is 0.485 e. The van der Waals surface area contributed by atoms with Crippen LogP contribution in [0.4, 0.5) is 0 Å². The maximum atomic E-state index is 12.1. The molecule has 0 unspecified atom stereocenters. The van der Waals surface area contributed by atoms with Crippen molar-refractivity contribution in [3.8, 4) is 11.5 Å². The molecule has 3 aromatic rings. The van der Waals surface area contributed by atoms with E-state index in [0.717, 1.165) is 11.3 Å². The summed E-state index contributed by atoms with van der Waals surface area (Å²) in [6, 6.07) is 17.0. The van der Waals surface area contributed by atoms with Crippen LogP contribution in [0.3, 0.4) is 0 Å². The molecular formula is C22H21N3O6. The molecule has 0 atom stereocenters. The van der Waals surface area contributed by atoms with Gasteiger partial charge in [-0.15, -0.1) is 0 Å². The van der Waals surface area contributed by atoms with E-state index < -0.39 is 11.9 Å². The zero-order chi connectivity index (χ0) is 22.2. The van der Waals surface area contributed by atoms with Crippen LogP contribution in [0.1, 0.15) is 27.4 Å². The molecule has 0 bridgehead atoms. The number of nitrogens with zero attached hydrogens (tertiary/aromatic N) is 1. The van der Waals surface area contributed by atoms with Crippen molar-refractivity contribution in [3.05, 3.63) is 83.3 Å². The minimum absolute atomic E-state index is 0.0236. The van der Waals surface area contributed by atoms with Crippen molar-refractivity contribution in [3.63, 3.8) is 0 Å². The molecule has 0 aliphatic carbocycles. The number of benzene rings is 2. The second-order valence-electron chi connectivity index (χ2n) is 6.45. The standard InChI is InChI=1S/C22H21N3O6/c1-14-4-2-3-5-18(14)29-12-17-10-11-19(30-17)22(27)31-25-21(24)15-6-8-16(9-7-15)28-13-20(23)26/h2-11H,12-13H2,1H3,(H2,23,26)(H2,24,25). The molecular weight excluding hydrogens is 402 g/mol. The number of hydrogen-bond donors (Lipinski definition) is 2. The number of carbonyl (C=O) groups excluding carboxylic acids is 2. The number of primary amides is 1. The summed E-state index contributed by atoms with van der Waals surface area (Å²) in [5, 5.41) is 3.63. The molecule has 9 heteroatoms. The zero-order valence-electron chi connectivity index (χ0n) is 16.7. The highest BCUT2D eigenvalue weighted by molar-refractivity contribution is 5.98. The summed E-state index contributed by atoms with van der Waals surface area (Å²) < 4.78 is 16.3. The third kappa shape index (κ3) is 6.10. The summed E-state index contributed by atoms with van der Waals surface area (Å²) in [5.74, 6) is 0.180. The number of ether oxygens (including phenoxy) is 2. The SMILES string of the molecule is Cc1ccccc1OCc1ccc(C(=O)O/N=C(\N)c2ccc(OCC(N)=O)cc2)o1. The van der Waals surface area contributed by atoms with Gasteiger partial charge in [0.15, 0.2) is 12.4 Å². The van der Waals surface area contributed by atoms with E-state index in [9.17, 15) is 9.59 Å². The van der Waals surface area contributed by atoms with Crippen LogP contribution < -0.4 is 20.9 Å². The lowest BCUT2D eigenvalue weighted by Crippen LogP contribution is -2.20. The Morgan fingerprint density at radius 2 is 1.71 bits per heavy atom. The van der Waals surface area contributed by atoms with Gasteiger partial charge in [0.1, 0.15) is 23.9 Å². The Morgan fingerprint density at radius 1 is 0.968 bits per heavy atom. The van der Waals surface area contributed by atoms with Gasteiger partial charge in [0.25, 0.3) is 5.91 Å². The molecule has 2 aromatic carbocycles. The summed E-state index contributed by atoms with van der Waals surface area (Å²) in [7, 11) is 0. The second-order valence-corrected chi connectivity index (χ2v) is 6.45. The van der Waals surface area contributed by atoms with Gasteiger partial charge >= 0.3 is 5.97 Å². The van der Waals surface area contributed by atoms with Crippen molar-refractivity contribution < 1.29 is 28.3 Å². The predicted octanol–water partition coefficient (Wildman–Crippen LogP) is 2.51. The average Bonchev–Trinajstić information content (AvgIpc) is 3.25. The van der Waals surface area contributed by atoms with Crippen LogP contribution in [0, 0.1) is 6.92 Å². The minimum Gasteiger partial charge on any atom is -0.485 e. The third-order valence-corrected chi connectivity index (χ3v) is 4.08. The summed E-state index contributed by atoms with van der Waals surface area (Å²) in [6.07, 6.45) is 0. The molecule has 160 valence electrons. The van der Waals surface area contributed by atoms with Crippen LogP contribution >= 0.6 is 0 Å². The normalized spacial score (nSPS) is 11.1. The lowest BCUT2D eigenvalue weighted by Gasteiger charge is -2.06. The van der Waals surface area contributed by atoms with Crippen molar-refractivity contribution in [2.45, 2.75) is 13.5 Å². The number of oxime groups is 1. The highest BCUT2D eigenvalue weighted by atomic mass is 16.7. The highest BCUT2D eigenvalue weighted by Crippen LogP contribution is 2.19. The first-order valence-electron chi connectivity index (χ1n) is 9.26. The number of hydrogen-bond acceptors (Lipinski definition) is 7. The Kier molecular flexibility index (Phi) is 6.89. The molecule has 1 heterocycles. The fourth-order valence-electron chi connectivity index (χ4n) is 2.50. The summed E-state index contributed by atoms with van der Waals surface area (Å²) in [6.45, 7) is 1.86. The predicted molar refractivity (Wildman–Crippen MR) is 111 cm³/mol. The summed E-state index contributed by atoms with van der Waals surface area (Å²) in [5.41, 5.74) is 12.3. The molecule has 9 nitrogen and oxygen atoms in total. The van der Waals surface area contributed by atoms with Crippen LogP contribution in [0.5, 0.6) is 11.5 Å². The molecule has 0 saturated heterocycles. The van der Waals surface area contributed by atoms with Gasteiger partial charge < -0.3 is 30.2 Å². The Labute approximate surface area is 178 Å². The topological polar surface area (TPSA) is 139 Å². The van der Waals surface area contributed by atoms with Crippen molar-refractivity contribution >= 4 is 17.7 Å². The lowest BCUT2D eigenvalue weighted by molar-refractivity contribution is -0.119. The van der Waals surface area contributed by atoms with E-state index in [0.29, 0.717) is 17.1 Å². The molecule has 31 heavy (non-hydrogen) atoms. The number of amidine groups is 1. The molecule has 1 aromatic heterocycles. The van der Waals surface area contributed by atoms with E-state index in [-0.39, 0.29) is 24.8 Å². The van der Waals surface area contributed by atoms with Gasteiger partial charge in [-0.25, -0.2) is 4.79 Å². The number of amides is 1. The van der Waals surface area contributed by atoms with Crippen LogP contribution in [0.2, 0.25) is 0 Å². The Balaban J connectivity index is 1.54. The van der Waals surface area contributed by atoms with Crippen LogP contribution in [0.25, 0.3) is 0 Å². The molecule has 3 rings (SSSR count). The maximum Gasteiger partial charge on any atom is 0.400 e. The molecule has 0 saturated carbocycles. The number of nitrogens with two attached hydrogens (primary N) is 2. The molecule has 0 radical (unpaired) electrons. The van der Waals surface area contributed by atoms with Gasteiger partial charge in [0.2, 0.25) is 5.76 Å². The molecule has 4 N–H and O–H groups in total. The monoisotopic (exact) mass is 423 g/mol. The lowest BCUT2D eigenvalue weighted by atomic mass is 10.2. The van der Waals surface area contributed by atoms with Gasteiger partial charge in [-0.2, -0.15) is 0 Å². The van der Waals surface area contributed by atoms with Crippen molar-refractivity contribution in [1.29, 1.82) is 0 Å².